The van der Waals surface area contributed by atoms with E-state index in [9.17, 15) is 21.6 Å². The van der Waals surface area contributed by atoms with Gasteiger partial charge in [0, 0.05) is 23.3 Å². The summed E-state index contributed by atoms with van der Waals surface area (Å²) in [6.07, 6.45) is 2.43. The van der Waals surface area contributed by atoms with E-state index < -0.39 is 29.5 Å². The molecule has 0 heterocycles. The first kappa shape index (κ1) is 25.6. The summed E-state index contributed by atoms with van der Waals surface area (Å²) >= 11 is 0. The van der Waals surface area contributed by atoms with Crippen molar-refractivity contribution >= 4 is 37.3 Å². The van der Waals surface area contributed by atoms with Gasteiger partial charge in [-0.05, 0) is 91.5 Å². The van der Waals surface area contributed by atoms with Crippen molar-refractivity contribution in [1.82, 2.24) is 4.72 Å². The molecular formula is C21H35N3O5S2. The molecule has 0 saturated heterocycles. The van der Waals surface area contributed by atoms with Gasteiger partial charge in [0.1, 0.15) is 0 Å². The van der Waals surface area contributed by atoms with Crippen LogP contribution in [0, 0.1) is 5.92 Å². The normalized spacial score (nSPS) is 20.8. The number of hydrogen-bond donors (Lipinski definition) is 3. The minimum Gasteiger partial charge on any atom is -0.326 e. The van der Waals surface area contributed by atoms with Gasteiger partial charge in [-0.25, -0.2) is 21.6 Å². The lowest BCUT2D eigenvalue weighted by Gasteiger charge is -2.30. The highest BCUT2D eigenvalue weighted by atomic mass is 32.2. The van der Waals surface area contributed by atoms with E-state index >= 15 is 0 Å². The predicted octanol–water partition coefficient (Wildman–Crippen LogP) is 3.44. The van der Waals surface area contributed by atoms with Crippen molar-refractivity contribution < 1.29 is 21.6 Å². The Hall–Kier alpha value is -1.65. The summed E-state index contributed by atoms with van der Waals surface area (Å²) < 4.78 is 52.6. The Morgan fingerprint density at radius 1 is 0.774 bits per heavy atom. The molecule has 0 unspecified atom stereocenters. The third-order valence-electron chi connectivity index (χ3n) is 5.44. The number of nitrogens with one attached hydrogen (secondary N) is 3. The first-order chi connectivity index (χ1) is 14.0. The summed E-state index contributed by atoms with van der Waals surface area (Å²) in [6, 6.07) is 6.38. The van der Waals surface area contributed by atoms with E-state index in [2.05, 4.69) is 14.8 Å². The second kappa shape index (κ2) is 9.07. The molecule has 0 aliphatic heterocycles. The maximum Gasteiger partial charge on any atom is 0.237 e. The topological polar surface area (TPSA) is 121 Å². The van der Waals surface area contributed by atoms with Crippen LogP contribution in [0.15, 0.2) is 24.3 Å². The third-order valence-corrected chi connectivity index (χ3v) is 9.81. The summed E-state index contributed by atoms with van der Waals surface area (Å²) in [6.45, 7) is 9.83. The molecule has 0 bridgehead atoms. The Labute approximate surface area is 186 Å². The smallest absolute Gasteiger partial charge is 0.237 e. The van der Waals surface area contributed by atoms with Crippen molar-refractivity contribution in [2.75, 3.05) is 10.0 Å². The van der Waals surface area contributed by atoms with Crippen molar-refractivity contribution in [3.05, 3.63) is 24.3 Å². The minimum atomic E-state index is -3.52. The summed E-state index contributed by atoms with van der Waals surface area (Å²) in [5.41, 5.74) is 1.01. The van der Waals surface area contributed by atoms with Crippen molar-refractivity contribution in [3.63, 3.8) is 0 Å². The molecule has 2 rings (SSSR count). The molecule has 1 aliphatic carbocycles. The molecule has 0 radical (unpaired) electrons. The lowest BCUT2D eigenvalue weighted by molar-refractivity contribution is -0.120. The number of sulfonamides is 2. The zero-order valence-electron chi connectivity index (χ0n) is 19.2. The number of rotatable bonds is 6. The van der Waals surface area contributed by atoms with E-state index in [1.807, 2.05) is 0 Å². The van der Waals surface area contributed by atoms with Crippen LogP contribution in [0.2, 0.25) is 0 Å². The van der Waals surface area contributed by atoms with Crippen LogP contribution in [-0.4, -0.2) is 38.3 Å². The van der Waals surface area contributed by atoms with Crippen LogP contribution >= 0.6 is 0 Å². The highest BCUT2D eigenvalue weighted by Gasteiger charge is 2.34. The molecule has 1 aromatic rings. The molecule has 0 aromatic heterocycles. The van der Waals surface area contributed by atoms with E-state index in [-0.39, 0.29) is 17.9 Å². The first-order valence-corrected chi connectivity index (χ1v) is 13.4. The second-order valence-electron chi connectivity index (χ2n) is 10.1. The molecule has 3 N–H and O–H groups in total. The van der Waals surface area contributed by atoms with Crippen molar-refractivity contribution in [1.29, 1.82) is 0 Å². The number of benzene rings is 1. The fourth-order valence-electron chi connectivity index (χ4n) is 3.04. The van der Waals surface area contributed by atoms with Gasteiger partial charge in [0.15, 0.2) is 0 Å². The van der Waals surface area contributed by atoms with Crippen LogP contribution in [0.5, 0.6) is 0 Å². The standard InChI is InChI=1S/C21H35N3O5S2/c1-20(2,3)30(26,27)23-17-9-7-15(8-10-17)19(25)22-16-11-13-18(14-12-16)24-31(28,29)21(4,5)6/h11-15,17,23-24H,7-10H2,1-6H3,(H,22,25). The Balaban J connectivity index is 1.90. The van der Waals surface area contributed by atoms with E-state index in [0.717, 1.165) is 0 Å². The molecule has 1 aliphatic rings. The SMILES string of the molecule is CC(C)(C)S(=O)(=O)Nc1ccc(NC(=O)C2CCC(NS(=O)(=O)C(C)(C)C)CC2)cc1. The van der Waals surface area contributed by atoms with E-state index in [1.54, 1.807) is 65.8 Å². The number of anilines is 2. The Bertz CT molecular complexity index is 981. The van der Waals surface area contributed by atoms with Crippen LogP contribution in [0.4, 0.5) is 11.4 Å². The fraction of sp³-hybridized carbons (Fsp3) is 0.667. The van der Waals surface area contributed by atoms with Gasteiger partial charge in [0.25, 0.3) is 0 Å². The van der Waals surface area contributed by atoms with Crippen LogP contribution in [0.3, 0.4) is 0 Å². The second-order valence-corrected chi connectivity index (χ2v) is 15.0. The van der Waals surface area contributed by atoms with Gasteiger partial charge in [0.2, 0.25) is 26.0 Å². The molecule has 31 heavy (non-hydrogen) atoms. The Kier molecular flexibility index (Phi) is 7.49. The Morgan fingerprint density at radius 3 is 1.68 bits per heavy atom. The average molecular weight is 474 g/mol. The Morgan fingerprint density at radius 2 is 1.23 bits per heavy atom. The maximum absolute atomic E-state index is 12.6. The van der Waals surface area contributed by atoms with Gasteiger partial charge in [-0.15, -0.1) is 0 Å². The predicted molar refractivity (Wildman–Crippen MR) is 125 cm³/mol. The molecule has 8 nitrogen and oxygen atoms in total. The molecule has 1 saturated carbocycles. The lowest BCUT2D eigenvalue weighted by atomic mass is 9.86. The third kappa shape index (κ3) is 6.66. The van der Waals surface area contributed by atoms with Gasteiger partial charge >= 0.3 is 0 Å². The molecule has 1 fully saturated rings. The molecule has 0 spiro atoms. The molecule has 10 heteroatoms. The highest BCUT2D eigenvalue weighted by Crippen LogP contribution is 2.28. The quantitative estimate of drug-likeness (QED) is 0.584. The van der Waals surface area contributed by atoms with E-state index in [0.29, 0.717) is 37.1 Å². The fourth-order valence-corrected chi connectivity index (χ4v) is 4.82. The van der Waals surface area contributed by atoms with Crippen molar-refractivity contribution in [2.24, 2.45) is 5.92 Å². The lowest BCUT2D eigenvalue weighted by Crippen LogP contribution is -2.46. The maximum atomic E-state index is 12.6. The zero-order chi connectivity index (χ0) is 23.7. The van der Waals surface area contributed by atoms with Crippen LogP contribution in [0.1, 0.15) is 67.2 Å². The number of hydrogen-bond acceptors (Lipinski definition) is 5. The molecule has 1 aromatic carbocycles. The van der Waals surface area contributed by atoms with Crippen molar-refractivity contribution in [2.45, 2.75) is 82.8 Å². The van der Waals surface area contributed by atoms with Gasteiger partial charge in [0.05, 0.1) is 9.49 Å². The van der Waals surface area contributed by atoms with Crippen LogP contribution in [0.25, 0.3) is 0 Å². The van der Waals surface area contributed by atoms with Crippen molar-refractivity contribution in [3.8, 4) is 0 Å². The monoisotopic (exact) mass is 473 g/mol. The molecular weight excluding hydrogens is 438 g/mol. The number of amides is 1. The summed E-state index contributed by atoms with van der Waals surface area (Å²) in [7, 11) is -6.93. The minimum absolute atomic E-state index is 0.111. The first-order valence-electron chi connectivity index (χ1n) is 10.5. The average Bonchev–Trinajstić information content (AvgIpc) is 2.61. The highest BCUT2D eigenvalue weighted by molar-refractivity contribution is 7.94. The number of carbonyl (C=O) groups excluding carboxylic acids is 1. The molecule has 176 valence electrons. The van der Waals surface area contributed by atoms with Gasteiger partial charge in [-0.1, -0.05) is 0 Å². The summed E-state index contributed by atoms with van der Waals surface area (Å²) in [4.78, 5) is 12.6. The number of carbonyl (C=O) groups is 1. The van der Waals surface area contributed by atoms with Gasteiger partial charge in [-0.2, -0.15) is 0 Å². The molecule has 0 atom stereocenters. The largest absolute Gasteiger partial charge is 0.326 e. The van der Waals surface area contributed by atoms with Gasteiger partial charge in [-0.3, -0.25) is 9.52 Å². The van der Waals surface area contributed by atoms with E-state index in [4.69, 9.17) is 0 Å². The van der Waals surface area contributed by atoms with Crippen LogP contribution < -0.4 is 14.8 Å². The molecule has 1 amide bonds. The summed E-state index contributed by atoms with van der Waals surface area (Å²) in [5.74, 6) is -0.297. The van der Waals surface area contributed by atoms with Crippen LogP contribution in [-0.2, 0) is 24.8 Å². The summed E-state index contributed by atoms with van der Waals surface area (Å²) in [5, 5.41) is 2.86. The van der Waals surface area contributed by atoms with Gasteiger partial charge < -0.3 is 5.32 Å². The van der Waals surface area contributed by atoms with E-state index in [1.165, 1.54) is 0 Å². The zero-order valence-corrected chi connectivity index (χ0v) is 20.8.